The summed E-state index contributed by atoms with van der Waals surface area (Å²) >= 11 is 1.98. The van der Waals surface area contributed by atoms with Gasteiger partial charge in [-0.2, -0.15) is 11.8 Å². The van der Waals surface area contributed by atoms with Gasteiger partial charge in [0.1, 0.15) is 0 Å². The van der Waals surface area contributed by atoms with Crippen LogP contribution in [0.25, 0.3) is 0 Å². The molecule has 2 aliphatic heterocycles. The summed E-state index contributed by atoms with van der Waals surface area (Å²) in [5, 5.41) is 0. The SMILES string of the molecule is CN(C(=O)CC(c1ccccc1)c1ccc2c(c1)OCO2)C1CCSCC1. The zero-order valence-electron chi connectivity index (χ0n) is 15.6. The molecule has 0 aromatic heterocycles. The van der Waals surface area contributed by atoms with Crippen molar-refractivity contribution in [3.05, 3.63) is 59.7 Å². The van der Waals surface area contributed by atoms with Crippen LogP contribution in [0, 0.1) is 0 Å². The maximum atomic E-state index is 13.1. The molecule has 0 N–H and O–H groups in total. The minimum atomic E-state index is 0.00798. The van der Waals surface area contributed by atoms with Crippen molar-refractivity contribution in [2.75, 3.05) is 25.3 Å². The van der Waals surface area contributed by atoms with E-state index in [1.807, 2.05) is 54.0 Å². The van der Waals surface area contributed by atoms with E-state index in [2.05, 4.69) is 18.2 Å². The Balaban J connectivity index is 1.58. The predicted octanol–water partition coefficient (Wildman–Crippen LogP) is 4.29. The molecule has 4 nitrogen and oxygen atoms in total. The maximum Gasteiger partial charge on any atom is 0.231 e. The molecular formula is C22H25NO3S. The summed E-state index contributed by atoms with van der Waals surface area (Å²) in [6.45, 7) is 0.260. The van der Waals surface area contributed by atoms with Crippen LogP contribution in [0.3, 0.4) is 0 Å². The summed E-state index contributed by atoms with van der Waals surface area (Å²) in [4.78, 5) is 15.1. The highest BCUT2D eigenvalue weighted by atomic mass is 32.2. The van der Waals surface area contributed by atoms with Gasteiger partial charge in [0.05, 0.1) is 0 Å². The highest BCUT2D eigenvalue weighted by molar-refractivity contribution is 7.99. The third-order valence-electron chi connectivity index (χ3n) is 5.51. The summed E-state index contributed by atoms with van der Waals surface area (Å²) in [5.41, 5.74) is 2.24. The van der Waals surface area contributed by atoms with E-state index in [0.717, 1.165) is 47.0 Å². The molecule has 5 heteroatoms. The zero-order valence-corrected chi connectivity index (χ0v) is 16.4. The van der Waals surface area contributed by atoms with Crippen molar-refractivity contribution in [1.29, 1.82) is 0 Å². The van der Waals surface area contributed by atoms with E-state index in [0.29, 0.717) is 12.5 Å². The summed E-state index contributed by atoms with van der Waals surface area (Å²) in [7, 11) is 1.96. The molecule has 27 heavy (non-hydrogen) atoms. The molecule has 1 unspecified atom stereocenters. The Hall–Kier alpha value is -2.14. The van der Waals surface area contributed by atoms with Gasteiger partial charge in [-0.1, -0.05) is 36.4 Å². The summed E-state index contributed by atoms with van der Waals surface area (Å²) < 4.78 is 11.0. The van der Waals surface area contributed by atoms with Gasteiger partial charge in [-0.3, -0.25) is 4.79 Å². The number of nitrogens with zero attached hydrogens (tertiary/aromatic N) is 1. The lowest BCUT2D eigenvalue weighted by molar-refractivity contribution is -0.132. The molecule has 2 aromatic rings. The lowest BCUT2D eigenvalue weighted by atomic mass is 9.87. The molecule has 0 spiro atoms. The van der Waals surface area contributed by atoms with Gasteiger partial charge in [-0.05, 0) is 47.6 Å². The first kappa shape index (κ1) is 18.2. The smallest absolute Gasteiger partial charge is 0.231 e. The number of carbonyl (C=O) groups is 1. The molecule has 1 saturated heterocycles. The van der Waals surface area contributed by atoms with Crippen LogP contribution < -0.4 is 9.47 Å². The molecule has 1 fully saturated rings. The van der Waals surface area contributed by atoms with Crippen molar-refractivity contribution in [3.8, 4) is 11.5 Å². The summed E-state index contributed by atoms with van der Waals surface area (Å²) in [6.07, 6.45) is 2.64. The zero-order chi connectivity index (χ0) is 18.6. The Kier molecular flexibility index (Phi) is 5.58. The van der Waals surface area contributed by atoms with E-state index in [1.165, 1.54) is 0 Å². The van der Waals surface area contributed by atoms with Gasteiger partial charge >= 0.3 is 0 Å². The highest BCUT2D eigenvalue weighted by Gasteiger charge is 2.27. The minimum Gasteiger partial charge on any atom is -0.454 e. The molecular weight excluding hydrogens is 358 g/mol. The van der Waals surface area contributed by atoms with Crippen LogP contribution >= 0.6 is 11.8 Å². The molecule has 2 heterocycles. The predicted molar refractivity (Wildman–Crippen MR) is 109 cm³/mol. The number of ether oxygens (including phenoxy) is 2. The molecule has 0 radical (unpaired) electrons. The normalized spacial score (nSPS) is 17.5. The first-order valence-electron chi connectivity index (χ1n) is 9.50. The minimum absolute atomic E-state index is 0.00798. The fraction of sp³-hybridized carbons (Fsp3) is 0.409. The first-order chi connectivity index (χ1) is 13.2. The van der Waals surface area contributed by atoms with Crippen LogP contribution in [0.5, 0.6) is 11.5 Å². The van der Waals surface area contributed by atoms with Crippen LogP contribution in [-0.4, -0.2) is 42.2 Å². The fourth-order valence-corrected chi connectivity index (χ4v) is 4.92. The van der Waals surface area contributed by atoms with Gasteiger partial charge < -0.3 is 14.4 Å². The fourth-order valence-electron chi connectivity index (χ4n) is 3.84. The maximum absolute atomic E-state index is 13.1. The Labute approximate surface area is 164 Å². The number of benzene rings is 2. The van der Waals surface area contributed by atoms with Crippen molar-refractivity contribution in [2.24, 2.45) is 0 Å². The van der Waals surface area contributed by atoms with E-state index in [1.54, 1.807) is 0 Å². The van der Waals surface area contributed by atoms with Crippen molar-refractivity contribution in [2.45, 2.75) is 31.2 Å². The third-order valence-corrected chi connectivity index (χ3v) is 6.56. The number of carbonyl (C=O) groups excluding carboxylic acids is 1. The van der Waals surface area contributed by atoms with Crippen LogP contribution in [0.4, 0.5) is 0 Å². The lowest BCUT2D eigenvalue weighted by Crippen LogP contribution is -2.39. The van der Waals surface area contributed by atoms with Crippen molar-refractivity contribution < 1.29 is 14.3 Å². The number of thioether (sulfide) groups is 1. The van der Waals surface area contributed by atoms with Crippen LogP contribution in [0.15, 0.2) is 48.5 Å². The molecule has 142 valence electrons. The largest absolute Gasteiger partial charge is 0.454 e. The molecule has 0 aliphatic carbocycles. The Bertz CT molecular complexity index is 789. The molecule has 4 rings (SSSR count). The number of hydrogen-bond donors (Lipinski definition) is 0. The van der Waals surface area contributed by atoms with E-state index in [9.17, 15) is 4.79 Å². The van der Waals surface area contributed by atoms with Crippen molar-refractivity contribution in [1.82, 2.24) is 4.90 Å². The number of rotatable bonds is 5. The quantitative estimate of drug-likeness (QED) is 0.772. The summed E-state index contributed by atoms with van der Waals surface area (Å²) in [5.74, 6) is 4.04. The van der Waals surface area contributed by atoms with Crippen LogP contribution in [-0.2, 0) is 4.79 Å². The second kappa shape index (κ2) is 8.26. The van der Waals surface area contributed by atoms with Gasteiger partial charge in [-0.15, -0.1) is 0 Å². The molecule has 1 amide bonds. The highest BCUT2D eigenvalue weighted by Crippen LogP contribution is 2.38. The van der Waals surface area contributed by atoms with E-state index >= 15 is 0 Å². The van der Waals surface area contributed by atoms with Crippen LogP contribution in [0.1, 0.15) is 36.3 Å². The second-order valence-corrected chi connectivity index (χ2v) is 8.35. The number of amides is 1. The molecule has 0 bridgehead atoms. The average molecular weight is 384 g/mol. The monoisotopic (exact) mass is 383 g/mol. The number of fused-ring (bicyclic) bond motifs is 1. The average Bonchev–Trinajstić information content (AvgIpc) is 3.20. The Morgan fingerprint density at radius 1 is 1.07 bits per heavy atom. The van der Waals surface area contributed by atoms with Gasteiger partial charge in [0, 0.05) is 25.4 Å². The molecule has 1 atom stereocenters. The van der Waals surface area contributed by atoms with E-state index in [4.69, 9.17) is 9.47 Å². The first-order valence-corrected chi connectivity index (χ1v) is 10.7. The van der Waals surface area contributed by atoms with Gasteiger partial charge in [0.15, 0.2) is 11.5 Å². The Morgan fingerprint density at radius 2 is 1.81 bits per heavy atom. The molecule has 0 saturated carbocycles. The van der Waals surface area contributed by atoms with Gasteiger partial charge in [0.25, 0.3) is 0 Å². The Morgan fingerprint density at radius 3 is 2.59 bits per heavy atom. The van der Waals surface area contributed by atoms with Gasteiger partial charge in [0.2, 0.25) is 12.7 Å². The number of hydrogen-bond acceptors (Lipinski definition) is 4. The van der Waals surface area contributed by atoms with E-state index in [-0.39, 0.29) is 18.6 Å². The topological polar surface area (TPSA) is 38.8 Å². The standard InChI is InChI=1S/C22H25NO3S/c1-23(18-9-11-27-12-10-18)22(24)14-19(16-5-3-2-4-6-16)17-7-8-20-21(13-17)26-15-25-20/h2-8,13,18-19H,9-12,14-15H2,1H3. The lowest BCUT2D eigenvalue weighted by Gasteiger charge is -2.32. The van der Waals surface area contributed by atoms with E-state index < -0.39 is 0 Å². The van der Waals surface area contributed by atoms with Crippen molar-refractivity contribution in [3.63, 3.8) is 0 Å². The molecule has 2 aliphatic rings. The molecule has 2 aromatic carbocycles. The summed E-state index contributed by atoms with van der Waals surface area (Å²) in [6, 6.07) is 16.6. The van der Waals surface area contributed by atoms with Gasteiger partial charge in [-0.25, -0.2) is 0 Å². The second-order valence-electron chi connectivity index (χ2n) is 7.13. The van der Waals surface area contributed by atoms with Crippen LogP contribution in [0.2, 0.25) is 0 Å². The van der Waals surface area contributed by atoms with Crippen molar-refractivity contribution >= 4 is 17.7 Å². The third kappa shape index (κ3) is 4.08.